The van der Waals surface area contributed by atoms with Crippen LogP contribution in [0.5, 0.6) is 0 Å². The lowest BCUT2D eigenvalue weighted by Crippen LogP contribution is -2.05. The zero-order valence-electron chi connectivity index (χ0n) is 9.43. The fourth-order valence-electron chi connectivity index (χ4n) is 2.59. The van der Waals surface area contributed by atoms with Gasteiger partial charge >= 0.3 is 0 Å². The highest BCUT2D eigenvalue weighted by Gasteiger charge is 2.22. The average molecular weight is 226 g/mol. The molecule has 1 aliphatic carbocycles. The molecule has 2 nitrogen and oxygen atoms in total. The monoisotopic (exact) mass is 226 g/mol. The fraction of sp³-hybridized carbons (Fsp3) is 0.200. The summed E-state index contributed by atoms with van der Waals surface area (Å²) in [5.74, 6) is 0. The molecule has 0 aliphatic heterocycles. The third-order valence-corrected chi connectivity index (χ3v) is 3.42. The molecule has 3 rings (SSSR count). The van der Waals surface area contributed by atoms with E-state index in [0.717, 1.165) is 17.5 Å². The summed E-state index contributed by atoms with van der Waals surface area (Å²) < 4.78 is 0. The van der Waals surface area contributed by atoms with Gasteiger partial charge < -0.3 is 10.2 Å². The number of hydrogen-bond acceptors (Lipinski definition) is 2. The zero-order chi connectivity index (χ0) is 11.8. The van der Waals surface area contributed by atoms with E-state index in [-0.39, 0.29) is 6.61 Å². The molecular formula is C15H14O2. The Balaban J connectivity index is 2.17. The second-order valence-electron chi connectivity index (χ2n) is 4.41. The van der Waals surface area contributed by atoms with Gasteiger partial charge in [0.1, 0.15) is 6.10 Å². The molecule has 2 aromatic rings. The van der Waals surface area contributed by atoms with Gasteiger partial charge in [-0.1, -0.05) is 42.5 Å². The average Bonchev–Trinajstić information content (AvgIpc) is 2.76. The van der Waals surface area contributed by atoms with Crippen molar-refractivity contribution in [3.8, 4) is 11.1 Å². The summed E-state index contributed by atoms with van der Waals surface area (Å²) in [5, 5.41) is 18.9. The van der Waals surface area contributed by atoms with Gasteiger partial charge in [-0.25, -0.2) is 0 Å². The van der Waals surface area contributed by atoms with Gasteiger partial charge in [-0.2, -0.15) is 0 Å². The van der Waals surface area contributed by atoms with Crippen LogP contribution in [-0.2, 0) is 6.42 Å². The van der Waals surface area contributed by atoms with E-state index < -0.39 is 6.10 Å². The first kappa shape index (κ1) is 10.5. The van der Waals surface area contributed by atoms with E-state index in [9.17, 15) is 5.11 Å². The normalized spacial score (nSPS) is 14.2. The first-order chi connectivity index (χ1) is 8.31. The molecule has 2 aromatic carbocycles. The molecule has 0 radical (unpaired) electrons. The molecule has 0 fully saturated rings. The highest BCUT2D eigenvalue weighted by Crippen LogP contribution is 2.39. The summed E-state index contributed by atoms with van der Waals surface area (Å²) >= 11 is 0. The lowest BCUT2D eigenvalue weighted by molar-refractivity contribution is 0.0951. The lowest BCUT2D eigenvalue weighted by atomic mass is 9.98. The first-order valence-corrected chi connectivity index (χ1v) is 5.80. The highest BCUT2D eigenvalue weighted by atomic mass is 16.3. The van der Waals surface area contributed by atoms with E-state index >= 15 is 0 Å². The SMILES string of the molecule is OCC(O)c1cccc2c1Cc1ccccc1-2. The Morgan fingerprint density at radius 1 is 1.00 bits per heavy atom. The smallest absolute Gasteiger partial charge is 0.102 e. The Morgan fingerprint density at radius 3 is 2.59 bits per heavy atom. The summed E-state index contributed by atoms with van der Waals surface area (Å²) in [6.07, 6.45) is 0.0675. The number of hydrogen-bond donors (Lipinski definition) is 2. The molecule has 0 bridgehead atoms. The highest BCUT2D eigenvalue weighted by molar-refractivity contribution is 5.77. The molecule has 2 N–H and O–H groups in total. The Hall–Kier alpha value is -1.64. The van der Waals surface area contributed by atoms with Crippen LogP contribution in [0.15, 0.2) is 42.5 Å². The van der Waals surface area contributed by atoms with E-state index in [0.29, 0.717) is 0 Å². The maximum atomic E-state index is 9.82. The molecule has 0 saturated carbocycles. The van der Waals surface area contributed by atoms with Gasteiger partial charge in [0, 0.05) is 0 Å². The van der Waals surface area contributed by atoms with Crippen LogP contribution in [0, 0.1) is 0 Å². The largest absolute Gasteiger partial charge is 0.393 e. The topological polar surface area (TPSA) is 40.5 Å². The van der Waals surface area contributed by atoms with Gasteiger partial charge in [-0.3, -0.25) is 0 Å². The van der Waals surface area contributed by atoms with Crippen molar-refractivity contribution in [1.29, 1.82) is 0 Å². The third kappa shape index (κ3) is 1.57. The Bertz CT molecular complexity index is 561. The van der Waals surface area contributed by atoms with Crippen LogP contribution in [0.25, 0.3) is 11.1 Å². The quantitative estimate of drug-likeness (QED) is 0.703. The number of aliphatic hydroxyl groups excluding tert-OH is 2. The minimum Gasteiger partial charge on any atom is -0.393 e. The molecule has 86 valence electrons. The van der Waals surface area contributed by atoms with Crippen LogP contribution in [0.3, 0.4) is 0 Å². The van der Waals surface area contributed by atoms with Crippen molar-refractivity contribution in [2.24, 2.45) is 0 Å². The standard InChI is InChI=1S/C15H14O2/c16-9-15(17)13-7-3-6-12-11-5-2-1-4-10(11)8-14(12)13/h1-7,15-17H,8-9H2. The second-order valence-corrected chi connectivity index (χ2v) is 4.41. The van der Waals surface area contributed by atoms with Crippen molar-refractivity contribution >= 4 is 0 Å². The molecule has 1 unspecified atom stereocenters. The van der Waals surface area contributed by atoms with Crippen LogP contribution in [0.2, 0.25) is 0 Å². The van der Waals surface area contributed by atoms with Crippen LogP contribution in [0.1, 0.15) is 22.8 Å². The van der Waals surface area contributed by atoms with Crippen LogP contribution >= 0.6 is 0 Å². The molecule has 17 heavy (non-hydrogen) atoms. The predicted molar refractivity (Wildman–Crippen MR) is 66.7 cm³/mol. The summed E-state index contributed by atoms with van der Waals surface area (Å²) in [6, 6.07) is 14.2. The molecule has 0 amide bonds. The minimum absolute atomic E-state index is 0.229. The third-order valence-electron chi connectivity index (χ3n) is 3.42. The molecule has 1 atom stereocenters. The van der Waals surface area contributed by atoms with Gasteiger partial charge in [-0.05, 0) is 34.2 Å². The first-order valence-electron chi connectivity index (χ1n) is 5.80. The van der Waals surface area contributed by atoms with Crippen molar-refractivity contribution < 1.29 is 10.2 Å². The number of rotatable bonds is 2. The van der Waals surface area contributed by atoms with Gasteiger partial charge in [0.2, 0.25) is 0 Å². The molecule has 0 heterocycles. The van der Waals surface area contributed by atoms with Crippen molar-refractivity contribution in [1.82, 2.24) is 0 Å². The van der Waals surface area contributed by atoms with Crippen molar-refractivity contribution in [2.75, 3.05) is 6.61 Å². The lowest BCUT2D eigenvalue weighted by Gasteiger charge is -2.12. The van der Waals surface area contributed by atoms with E-state index in [4.69, 9.17) is 5.11 Å². The molecule has 2 heteroatoms. The van der Waals surface area contributed by atoms with Crippen molar-refractivity contribution in [3.63, 3.8) is 0 Å². The van der Waals surface area contributed by atoms with Gasteiger partial charge in [0.05, 0.1) is 6.61 Å². The minimum atomic E-state index is -0.778. The van der Waals surface area contributed by atoms with E-state index in [2.05, 4.69) is 18.2 Å². The van der Waals surface area contributed by atoms with Gasteiger partial charge in [0.25, 0.3) is 0 Å². The van der Waals surface area contributed by atoms with Gasteiger partial charge in [-0.15, -0.1) is 0 Å². The maximum Gasteiger partial charge on any atom is 0.102 e. The summed E-state index contributed by atoms with van der Waals surface area (Å²) in [7, 11) is 0. The molecule has 0 saturated heterocycles. The number of aliphatic hydroxyl groups is 2. The Labute approximate surface area is 100 Å². The maximum absolute atomic E-state index is 9.82. The van der Waals surface area contributed by atoms with Crippen molar-refractivity contribution in [3.05, 3.63) is 59.2 Å². The predicted octanol–water partition coefficient (Wildman–Crippen LogP) is 2.28. The van der Waals surface area contributed by atoms with Crippen LogP contribution in [-0.4, -0.2) is 16.8 Å². The Morgan fingerprint density at radius 2 is 1.76 bits per heavy atom. The molecular weight excluding hydrogens is 212 g/mol. The number of fused-ring (bicyclic) bond motifs is 3. The van der Waals surface area contributed by atoms with Crippen LogP contribution < -0.4 is 0 Å². The molecule has 0 aromatic heterocycles. The fourth-order valence-corrected chi connectivity index (χ4v) is 2.59. The van der Waals surface area contributed by atoms with E-state index in [1.54, 1.807) is 0 Å². The number of benzene rings is 2. The molecule has 0 spiro atoms. The zero-order valence-corrected chi connectivity index (χ0v) is 9.43. The Kier molecular flexibility index (Phi) is 2.46. The summed E-state index contributed by atoms with van der Waals surface area (Å²) in [5.41, 5.74) is 5.72. The van der Waals surface area contributed by atoms with E-state index in [1.807, 2.05) is 24.3 Å². The summed E-state index contributed by atoms with van der Waals surface area (Å²) in [4.78, 5) is 0. The van der Waals surface area contributed by atoms with E-state index in [1.165, 1.54) is 16.7 Å². The second kappa shape index (κ2) is 3.99. The van der Waals surface area contributed by atoms with Gasteiger partial charge in [0.15, 0.2) is 0 Å². The van der Waals surface area contributed by atoms with Crippen LogP contribution in [0.4, 0.5) is 0 Å². The molecule has 1 aliphatic rings. The van der Waals surface area contributed by atoms with Crippen molar-refractivity contribution in [2.45, 2.75) is 12.5 Å². The summed E-state index contributed by atoms with van der Waals surface area (Å²) in [6.45, 7) is -0.229.